The zero-order chi connectivity index (χ0) is 14.8. The molecule has 0 radical (unpaired) electrons. The average molecular weight is 348 g/mol. The number of hydrogen-bond donors (Lipinski definition) is 1. The molecule has 3 rings (SSSR count). The normalized spacial score (nSPS) is 13.4. The highest BCUT2D eigenvalue weighted by Crippen LogP contribution is 2.25. The third kappa shape index (κ3) is 3.00. The average Bonchev–Trinajstić information content (AvgIpc) is 2.51. The summed E-state index contributed by atoms with van der Waals surface area (Å²) in [5, 5.41) is 3.33. The van der Waals surface area contributed by atoms with Crippen molar-refractivity contribution in [2.24, 2.45) is 0 Å². The minimum Gasteiger partial charge on any atom is -0.385 e. The summed E-state index contributed by atoms with van der Waals surface area (Å²) in [6.07, 6.45) is 2.28. The van der Waals surface area contributed by atoms with Crippen molar-refractivity contribution < 1.29 is 9.18 Å². The maximum atomic E-state index is 13.5. The van der Waals surface area contributed by atoms with Gasteiger partial charge in [0.25, 0.3) is 0 Å². The number of carbonyl (C=O) groups excluding carboxylic acids is 1. The van der Waals surface area contributed by atoms with Gasteiger partial charge < -0.3 is 5.32 Å². The Hall–Kier alpha value is -1.68. The topological polar surface area (TPSA) is 29.1 Å². The lowest BCUT2D eigenvalue weighted by molar-refractivity contribution is 0.0992. The highest BCUT2D eigenvalue weighted by Gasteiger charge is 2.15. The summed E-state index contributed by atoms with van der Waals surface area (Å²) in [4.78, 5) is 12.4. The number of aryl methyl sites for hydroxylation is 1. The number of hydrogen-bond acceptors (Lipinski definition) is 2. The summed E-state index contributed by atoms with van der Waals surface area (Å²) in [5.41, 5.74) is 3.67. The molecule has 21 heavy (non-hydrogen) atoms. The predicted molar refractivity (Wildman–Crippen MR) is 85.4 cm³/mol. The number of nitrogens with one attached hydrogen (secondary N) is 1. The van der Waals surface area contributed by atoms with Crippen molar-refractivity contribution in [3.8, 4) is 0 Å². The van der Waals surface area contributed by atoms with Crippen LogP contribution in [0.4, 0.5) is 10.1 Å². The number of benzene rings is 2. The quantitative estimate of drug-likeness (QED) is 0.835. The fourth-order valence-corrected chi connectivity index (χ4v) is 3.01. The van der Waals surface area contributed by atoms with E-state index in [0.29, 0.717) is 15.6 Å². The predicted octanol–water partition coefficient (Wildman–Crippen LogP) is 4.37. The van der Waals surface area contributed by atoms with Crippen LogP contribution in [0.1, 0.15) is 27.9 Å². The van der Waals surface area contributed by atoms with E-state index in [2.05, 4.69) is 21.2 Å². The first-order valence-corrected chi connectivity index (χ1v) is 7.77. The van der Waals surface area contributed by atoms with Crippen molar-refractivity contribution >= 4 is 27.4 Å². The van der Waals surface area contributed by atoms with Crippen LogP contribution in [0, 0.1) is 5.82 Å². The summed E-state index contributed by atoms with van der Waals surface area (Å²) in [6, 6.07) is 10.5. The Kier molecular flexibility index (Phi) is 4.06. The van der Waals surface area contributed by atoms with Gasteiger partial charge >= 0.3 is 0 Å². The molecule has 2 aromatic carbocycles. The molecule has 0 atom stereocenters. The van der Waals surface area contributed by atoms with E-state index >= 15 is 0 Å². The monoisotopic (exact) mass is 347 g/mol. The van der Waals surface area contributed by atoms with Crippen molar-refractivity contribution in [3.05, 3.63) is 63.4 Å². The van der Waals surface area contributed by atoms with Gasteiger partial charge in [-0.25, -0.2) is 4.39 Å². The second-order valence-electron chi connectivity index (χ2n) is 5.22. The van der Waals surface area contributed by atoms with E-state index in [-0.39, 0.29) is 18.0 Å². The molecule has 0 spiro atoms. The molecule has 0 fully saturated rings. The standard InChI is InChI=1S/C17H15BrFNO/c18-17-13(3-1-5-14(17)19)10-16(21)12-6-7-15-11(9-12)4-2-8-20-15/h1,3,5-7,9,20H,2,4,8,10H2. The van der Waals surface area contributed by atoms with E-state index < -0.39 is 0 Å². The van der Waals surface area contributed by atoms with Crippen molar-refractivity contribution in [1.82, 2.24) is 0 Å². The van der Waals surface area contributed by atoms with Gasteiger partial charge in [-0.2, -0.15) is 0 Å². The van der Waals surface area contributed by atoms with Crippen LogP contribution in [0.3, 0.4) is 0 Å². The Morgan fingerprint density at radius 3 is 3.00 bits per heavy atom. The van der Waals surface area contributed by atoms with E-state index in [0.717, 1.165) is 25.1 Å². The molecular formula is C17H15BrFNO. The first-order valence-electron chi connectivity index (χ1n) is 6.98. The van der Waals surface area contributed by atoms with Gasteiger partial charge in [0.15, 0.2) is 5.78 Å². The SMILES string of the molecule is O=C(Cc1cccc(F)c1Br)c1ccc2c(c1)CCCN2. The van der Waals surface area contributed by atoms with E-state index in [1.165, 1.54) is 11.6 Å². The molecule has 0 bridgehead atoms. The molecule has 2 nitrogen and oxygen atoms in total. The van der Waals surface area contributed by atoms with Gasteiger partial charge in [0.2, 0.25) is 0 Å². The van der Waals surface area contributed by atoms with E-state index in [4.69, 9.17) is 0 Å². The molecule has 2 aromatic rings. The molecule has 0 aliphatic carbocycles. The van der Waals surface area contributed by atoms with Gasteiger partial charge in [0.1, 0.15) is 5.82 Å². The Morgan fingerprint density at radius 1 is 1.29 bits per heavy atom. The molecule has 0 saturated heterocycles. The molecule has 0 amide bonds. The Balaban J connectivity index is 1.84. The van der Waals surface area contributed by atoms with Crippen LogP contribution in [-0.4, -0.2) is 12.3 Å². The van der Waals surface area contributed by atoms with Gasteiger partial charge in [-0.1, -0.05) is 12.1 Å². The van der Waals surface area contributed by atoms with Crippen LogP contribution < -0.4 is 5.32 Å². The fourth-order valence-electron chi connectivity index (χ4n) is 2.61. The molecule has 108 valence electrons. The molecule has 1 N–H and O–H groups in total. The fraction of sp³-hybridized carbons (Fsp3) is 0.235. The van der Waals surface area contributed by atoms with Crippen molar-refractivity contribution in [2.45, 2.75) is 19.3 Å². The summed E-state index contributed by atoms with van der Waals surface area (Å²) in [6.45, 7) is 0.983. The highest BCUT2D eigenvalue weighted by atomic mass is 79.9. The molecule has 4 heteroatoms. The van der Waals surface area contributed by atoms with Gasteiger partial charge in [0, 0.05) is 24.2 Å². The number of carbonyl (C=O) groups is 1. The zero-order valence-corrected chi connectivity index (χ0v) is 13.0. The lowest BCUT2D eigenvalue weighted by Crippen LogP contribution is -2.13. The van der Waals surface area contributed by atoms with Gasteiger partial charge in [0.05, 0.1) is 4.47 Å². The second-order valence-corrected chi connectivity index (χ2v) is 6.01. The molecule has 1 aliphatic heterocycles. The third-order valence-electron chi connectivity index (χ3n) is 3.75. The van der Waals surface area contributed by atoms with Crippen LogP contribution in [0.5, 0.6) is 0 Å². The number of anilines is 1. The van der Waals surface area contributed by atoms with E-state index in [9.17, 15) is 9.18 Å². The first-order chi connectivity index (χ1) is 10.1. The smallest absolute Gasteiger partial charge is 0.167 e. The number of halogens is 2. The van der Waals surface area contributed by atoms with Crippen LogP contribution in [0.2, 0.25) is 0 Å². The highest BCUT2D eigenvalue weighted by molar-refractivity contribution is 9.10. The summed E-state index contributed by atoms with van der Waals surface area (Å²) in [5.74, 6) is -0.329. The van der Waals surface area contributed by atoms with Crippen LogP contribution in [0.15, 0.2) is 40.9 Å². The zero-order valence-electron chi connectivity index (χ0n) is 11.5. The lowest BCUT2D eigenvalue weighted by atomic mass is 9.97. The van der Waals surface area contributed by atoms with Gasteiger partial charge in [-0.3, -0.25) is 4.79 Å². The molecular weight excluding hydrogens is 333 g/mol. The third-order valence-corrected chi connectivity index (χ3v) is 4.64. The van der Waals surface area contributed by atoms with E-state index in [1.807, 2.05) is 18.2 Å². The number of fused-ring (bicyclic) bond motifs is 1. The summed E-state index contributed by atoms with van der Waals surface area (Å²) >= 11 is 3.20. The maximum Gasteiger partial charge on any atom is 0.167 e. The Morgan fingerprint density at radius 2 is 2.14 bits per heavy atom. The van der Waals surface area contributed by atoms with Crippen LogP contribution in [-0.2, 0) is 12.8 Å². The van der Waals surface area contributed by atoms with Crippen LogP contribution in [0.25, 0.3) is 0 Å². The minimum atomic E-state index is -0.338. The second kappa shape index (κ2) is 5.98. The minimum absolute atomic E-state index is 0.00896. The maximum absolute atomic E-state index is 13.5. The molecule has 0 aromatic heterocycles. The van der Waals surface area contributed by atoms with Crippen molar-refractivity contribution in [1.29, 1.82) is 0 Å². The Bertz CT molecular complexity index is 699. The summed E-state index contributed by atoms with van der Waals surface area (Å²) < 4.78 is 13.9. The van der Waals surface area contributed by atoms with E-state index in [1.54, 1.807) is 12.1 Å². The summed E-state index contributed by atoms with van der Waals surface area (Å²) in [7, 11) is 0. The van der Waals surface area contributed by atoms with Crippen LogP contribution >= 0.6 is 15.9 Å². The van der Waals surface area contributed by atoms with Crippen molar-refractivity contribution in [2.75, 3.05) is 11.9 Å². The largest absolute Gasteiger partial charge is 0.385 e. The van der Waals surface area contributed by atoms with Crippen molar-refractivity contribution in [3.63, 3.8) is 0 Å². The number of rotatable bonds is 3. The Labute approximate surface area is 131 Å². The molecule has 1 aliphatic rings. The van der Waals surface area contributed by atoms with Gasteiger partial charge in [-0.05, 0) is 64.2 Å². The molecule has 0 saturated carbocycles. The van der Waals surface area contributed by atoms with Gasteiger partial charge in [-0.15, -0.1) is 0 Å². The molecule has 0 unspecified atom stereocenters. The number of ketones is 1. The molecule has 1 heterocycles. The number of Topliss-reactive ketones (excluding diaryl/α,β-unsaturated/α-hetero) is 1. The first kappa shape index (κ1) is 14.3. The lowest BCUT2D eigenvalue weighted by Gasteiger charge is -2.18.